The van der Waals surface area contributed by atoms with Gasteiger partial charge in [-0.2, -0.15) is 0 Å². The van der Waals surface area contributed by atoms with Gasteiger partial charge in [-0.15, -0.1) is 0 Å². The first-order chi connectivity index (χ1) is 6.84. The van der Waals surface area contributed by atoms with Crippen molar-refractivity contribution in [2.45, 2.75) is 32.3 Å². The quantitative estimate of drug-likeness (QED) is 0.680. The Kier molecular flexibility index (Phi) is 3.79. The Morgan fingerprint density at radius 1 is 1.07 bits per heavy atom. The lowest BCUT2D eigenvalue weighted by Crippen LogP contribution is -2.31. The van der Waals surface area contributed by atoms with Crippen LogP contribution in [0.5, 0.6) is 0 Å². The topological polar surface area (TPSA) is 27.7 Å². The highest BCUT2D eigenvalue weighted by atomic mass is 16.7. The molecule has 82 valence electrons. The average molecular weight is 200 g/mol. The zero-order valence-corrected chi connectivity index (χ0v) is 8.91. The fourth-order valence-electron chi connectivity index (χ4n) is 2.17. The van der Waals surface area contributed by atoms with Crippen molar-refractivity contribution in [3.63, 3.8) is 0 Å². The van der Waals surface area contributed by atoms with E-state index in [1.54, 1.807) is 0 Å². The molecule has 2 atom stereocenters. The molecule has 0 aromatic rings. The number of ether oxygens (including phenoxy) is 3. The lowest BCUT2D eigenvalue weighted by Gasteiger charge is -2.31. The van der Waals surface area contributed by atoms with Gasteiger partial charge in [0, 0.05) is 12.5 Å². The van der Waals surface area contributed by atoms with Crippen molar-refractivity contribution in [3.05, 3.63) is 0 Å². The van der Waals surface area contributed by atoms with Crippen molar-refractivity contribution in [2.75, 3.05) is 26.6 Å². The van der Waals surface area contributed by atoms with Crippen LogP contribution in [0.2, 0.25) is 0 Å². The van der Waals surface area contributed by atoms with Gasteiger partial charge in [0.05, 0.1) is 19.3 Å². The van der Waals surface area contributed by atoms with E-state index in [0.29, 0.717) is 18.8 Å². The molecule has 2 rings (SSSR count). The molecule has 3 nitrogen and oxygen atoms in total. The molecular formula is C11H20O3. The second kappa shape index (κ2) is 5.10. The molecule has 3 heteroatoms. The third-order valence-corrected chi connectivity index (χ3v) is 3.07. The van der Waals surface area contributed by atoms with Crippen LogP contribution in [0.4, 0.5) is 0 Å². The fourth-order valence-corrected chi connectivity index (χ4v) is 2.17. The van der Waals surface area contributed by atoms with Crippen molar-refractivity contribution in [1.29, 1.82) is 0 Å². The summed E-state index contributed by atoms with van der Waals surface area (Å²) < 4.78 is 16.3. The SMILES string of the molecule is CC1CCC(CC2COCOC2)OC1. The third kappa shape index (κ3) is 2.94. The molecule has 2 aliphatic heterocycles. The van der Waals surface area contributed by atoms with E-state index >= 15 is 0 Å². The van der Waals surface area contributed by atoms with Crippen LogP contribution in [-0.4, -0.2) is 32.7 Å². The second-order valence-electron chi connectivity index (χ2n) is 4.60. The molecule has 14 heavy (non-hydrogen) atoms. The van der Waals surface area contributed by atoms with Crippen LogP contribution in [0.1, 0.15) is 26.2 Å². The highest BCUT2D eigenvalue weighted by molar-refractivity contribution is 4.72. The predicted octanol–water partition coefficient (Wildman–Crippen LogP) is 1.81. The summed E-state index contributed by atoms with van der Waals surface area (Å²) in [5, 5.41) is 0. The van der Waals surface area contributed by atoms with Crippen LogP contribution in [0.25, 0.3) is 0 Å². The minimum Gasteiger partial charge on any atom is -0.378 e. The first-order valence-corrected chi connectivity index (χ1v) is 5.61. The monoisotopic (exact) mass is 200 g/mol. The van der Waals surface area contributed by atoms with Crippen LogP contribution >= 0.6 is 0 Å². The molecule has 0 radical (unpaired) electrons. The number of hydrogen-bond acceptors (Lipinski definition) is 3. The van der Waals surface area contributed by atoms with Gasteiger partial charge in [0.2, 0.25) is 0 Å². The van der Waals surface area contributed by atoms with Crippen molar-refractivity contribution in [2.24, 2.45) is 11.8 Å². The summed E-state index contributed by atoms with van der Waals surface area (Å²) in [5.74, 6) is 1.28. The Morgan fingerprint density at radius 3 is 2.50 bits per heavy atom. The molecule has 2 saturated heterocycles. The lowest BCUT2D eigenvalue weighted by molar-refractivity contribution is -0.138. The van der Waals surface area contributed by atoms with Crippen LogP contribution in [-0.2, 0) is 14.2 Å². The summed E-state index contributed by atoms with van der Waals surface area (Å²) in [6.45, 7) is 5.34. The normalized spacial score (nSPS) is 35.8. The highest BCUT2D eigenvalue weighted by Crippen LogP contribution is 2.24. The van der Waals surface area contributed by atoms with Gasteiger partial charge in [-0.25, -0.2) is 0 Å². The van der Waals surface area contributed by atoms with E-state index < -0.39 is 0 Å². The van der Waals surface area contributed by atoms with Gasteiger partial charge in [0.25, 0.3) is 0 Å². The summed E-state index contributed by atoms with van der Waals surface area (Å²) in [6, 6.07) is 0. The molecule has 2 aliphatic rings. The second-order valence-corrected chi connectivity index (χ2v) is 4.60. The van der Waals surface area contributed by atoms with Gasteiger partial charge in [0.1, 0.15) is 6.79 Å². The molecule has 2 fully saturated rings. The smallest absolute Gasteiger partial charge is 0.146 e. The lowest BCUT2D eigenvalue weighted by atomic mass is 9.94. The van der Waals surface area contributed by atoms with E-state index in [-0.39, 0.29) is 0 Å². The Labute approximate surface area is 85.7 Å². The van der Waals surface area contributed by atoms with E-state index in [2.05, 4.69) is 6.92 Å². The van der Waals surface area contributed by atoms with Crippen molar-refractivity contribution < 1.29 is 14.2 Å². The molecule has 0 amide bonds. The number of rotatable bonds is 2. The van der Waals surface area contributed by atoms with E-state index in [4.69, 9.17) is 14.2 Å². The summed E-state index contributed by atoms with van der Waals surface area (Å²) in [4.78, 5) is 0. The molecule has 0 N–H and O–H groups in total. The Balaban J connectivity index is 1.68. The Morgan fingerprint density at radius 2 is 1.86 bits per heavy atom. The Bertz CT molecular complexity index is 158. The molecule has 2 heterocycles. The standard InChI is InChI=1S/C11H20O3/c1-9-2-3-11(14-5-9)4-10-6-12-8-13-7-10/h9-11H,2-8H2,1H3. The highest BCUT2D eigenvalue weighted by Gasteiger charge is 2.24. The number of hydrogen-bond donors (Lipinski definition) is 0. The minimum absolute atomic E-state index is 0.446. The van der Waals surface area contributed by atoms with E-state index in [1.165, 1.54) is 12.8 Å². The van der Waals surface area contributed by atoms with Gasteiger partial charge >= 0.3 is 0 Å². The van der Waals surface area contributed by atoms with Crippen LogP contribution in [0.15, 0.2) is 0 Å². The van der Waals surface area contributed by atoms with Gasteiger partial charge in [-0.05, 0) is 25.2 Å². The largest absolute Gasteiger partial charge is 0.378 e. The van der Waals surface area contributed by atoms with E-state index in [9.17, 15) is 0 Å². The molecule has 0 spiro atoms. The van der Waals surface area contributed by atoms with Crippen LogP contribution in [0, 0.1) is 11.8 Å². The van der Waals surface area contributed by atoms with Gasteiger partial charge in [-0.3, -0.25) is 0 Å². The molecule has 0 bridgehead atoms. The van der Waals surface area contributed by atoms with Crippen molar-refractivity contribution >= 4 is 0 Å². The predicted molar refractivity (Wildman–Crippen MR) is 53.0 cm³/mol. The van der Waals surface area contributed by atoms with Gasteiger partial charge in [-0.1, -0.05) is 6.92 Å². The molecular weight excluding hydrogens is 180 g/mol. The Hall–Kier alpha value is -0.120. The molecule has 0 saturated carbocycles. The third-order valence-electron chi connectivity index (χ3n) is 3.07. The van der Waals surface area contributed by atoms with Crippen LogP contribution in [0.3, 0.4) is 0 Å². The molecule has 0 aromatic carbocycles. The zero-order chi connectivity index (χ0) is 9.80. The van der Waals surface area contributed by atoms with Crippen molar-refractivity contribution in [1.82, 2.24) is 0 Å². The average Bonchev–Trinajstić information content (AvgIpc) is 2.23. The minimum atomic E-state index is 0.446. The maximum absolute atomic E-state index is 5.78. The molecule has 0 aliphatic carbocycles. The van der Waals surface area contributed by atoms with Gasteiger partial charge in [0.15, 0.2) is 0 Å². The molecule has 2 unspecified atom stereocenters. The summed E-state index contributed by atoms with van der Waals surface area (Å²) in [7, 11) is 0. The summed E-state index contributed by atoms with van der Waals surface area (Å²) >= 11 is 0. The van der Waals surface area contributed by atoms with Crippen LogP contribution < -0.4 is 0 Å². The molecule has 0 aromatic heterocycles. The van der Waals surface area contributed by atoms with Gasteiger partial charge < -0.3 is 14.2 Å². The van der Waals surface area contributed by atoms with E-state index in [1.807, 2.05) is 0 Å². The van der Waals surface area contributed by atoms with E-state index in [0.717, 1.165) is 32.2 Å². The van der Waals surface area contributed by atoms with Crippen molar-refractivity contribution in [3.8, 4) is 0 Å². The zero-order valence-electron chi connectivity index (χ0n) is 8.91. The maximum atomic E-state index is 5.78. The first-order valence-electron chi connectivity index (χ1n) is 5.61. The summed E-state index contributed by atoms with van der Waals surface area (Å²) in [5.41, 5.74) is 0. The summed E-state index contributed by atoms with van der Waals surface area (Å²) in [6.07, 6.45) is 4.06. The first kappa shape index (κ1) is 10.4. The fraction of sp³-hybridized carbons (Fsp3) is 1.00. The maximum Gasteiger partial charge on any atom is 0.146 e.